The largest absolute Gasteiger partial charge is 0.478 e. The van der Waals surface area contributed by atoms with Gasteiger partial charge in [0.2, 0.25) is 0 Å². The van der Waals surface area contributed by atoms with E-state index in [1.807, 2.05) is 0 Å². The van der Waals surface area contributed by atoms with Crippen molar-refractivity contribution in [2.45, 2.75) is 0 Å². The molecule has 0 atom stereocenters. The summed E-state index contributed by atoms with van der Waals surface area (Å²) in [4.78, 5) is 10.4. The van der Waals surface area contributed by atoms with Crippen molar-refractivity contribution in [1.82, 2.24) is 0 Å². The van der Waals surface area contributed by atoms with Gasteiger partial charge >= 0.3 is 5.97 Å². The van der Waals surface area contributed by atoms with Crippen molar-refractivity contribution in [2.24, 2.45) is 0 Å². The fourth-order valence-electron chi connectivity index (χ4n) is 0.933. The van der Waals surface area contributed by atoms with Gasteiger partial charge in [-0.2, -0.15) is 5.26 Å². The molecule has 0 aliphatic carbocycles. The van der Waals surface area contributed by atoms with Gasteiger partial charge in [-0.15, -0.1) is 0 Å². The summed E-state index contributed by atoms with van der Waals surface area (Å²) in [7, 11) is 0. The van der Waals surface area contributed by atoms with Crippen molar-refractivity contribution in [3.8, 4) is 6.07 Å². The topological polar surface area (TPSA) is 61.1 Å². The Balaban J connectivity index is 3.09. The molecule has 0 saturated carbocycles. The van der Waals surface area contributed by atoms with Crippen LogP contribution in [0.15, 0.2) is 30.3 Å². The van der Waals surface area contributed by atoms with E-state index in [-0.39, 0.29) is 5.57 Å². The van der Waals surface area contributed by atoms with Crippen LogP contribution in [0.4, 0.5) is 0 Å². The molecule has 1 aromatic carbocycles. The standard InChI is InChI=1S/C10H6ClNO2/c11-9-3-1-7(2-4-9)8(6-12)5-10(13)14/h1-5H,(H,13,14). The maximum absolute atomic E-state index is 10.4. The third-order valence-corrected chi connectivity index (χ3v) is 1.80. The number of rotatable bonds is 2. The second-order valence-electron chi connectivity index (χ2n) is 2.51. The summed E-state index contributed by atoms with van der Waals surface area (Å²) >= 11 is 5.65. The van der Waals surface area contributed by atoms with Crippen molar-refractivity contribution in [1.29, 1.82) is 5.26 Å². The highest BCUT2D eigenvalue weighted by Crippen LogP contribution is 2.16. The average molecular weight is 208 g/mol. The molecule has 1 rings (SSSR count). The zero-order valence-corrected chi connectivity index (χ0v) is 7.82. The minimum absolute atomic E-state index is 0.106. The first-order chi connectivity index (χ1) is 6.63. The van der Waals surface area contributed by atoms with Gasteiger partial charge in [-0.05, 0) is 17.7 Å². The number of aliphatic carboxylic acids is 1. The zero-order chi connectivity index (χ0) is 10.6. The van der Waals surface area contributed by atoms with E-state index in [4.69, 9.17) is 22.0 Å². The zero-order valence-electron chi connectivity index (χ0n) is 7.07. The lowest BCUT2D eigenvalue weighted by Gasteiger charge is -1.97. The highest BCUT2D eigenvalue weighted by molar-refractivity contribution is 6.30. The van der Waals surface area contributed by atoms with Crippen LogP contribution >= 0.6 is 11.6 Å². The minimum Gasteiger partial charge on any atom is -0.478 e. The number of hydrogen-bond acceptors (Lipinski definition) is 2. The molecule has 0 saturated heterocycles. The molecule has 0 bridgehead atoms. The second kappa shape index (κ2) is 4.45. The van der Waals surface area contributed by atoms with Crippen LogP contribution in [0.3, 0.4) is 0 Å². The predicted octanol–water partition coefficient (Wildman–Crippen LogP) is 2.33. The normalized spacial score (nSPS) is 10.7. The van der Waals surface area contributed by atoms with Gasteiger partial charge in [-0.25, -0.2) is 4.79 Å². The van der Waals surface area contributed by atoms with E-state index < -0.39 is 5.97 Å². The van der Waals surface area contributed by atoms with Gasteiger partial charge < -0.3 is 5.11 Å². The lowest BCUT2D eigenvalue weighted by Crippen LogP contribution is -1.90. The first kappa shape index (κ1) is 10.3. The Morgan fingerprint density at radius 1 is 1.43 bits per heavy atom. The van der Waals surface area contributed by atoms with Gasteiger partial charge in [-0.1, -0.05) is 23.7 Å². The Bertz CT molecular complexity index is 415. The molecule has 0 unspecified atom stereocenters. The maximum atomic E-state index is 10.4. The van der Waals surface area contributed by atoms with Gasteiger partial charge in [0.1, 0.15) is 6.07 Å². The smallest absolute Gasteiger partial charge is 0.329 e. The quantitative estimate of drug-likeness (QED) is 0.598. The van der Waals surface area contributed by atoms with Crippen molar-refractivity contribution >= 4 is 23.1 Å². The average Bonchev–Trinajstić information content (AvgIpc) is 2.15. The molecule has 14 heavy (non-hydrogen) atoms. The maximum Gasteiger partial charge on any atom is 0.329 e. The minimum atomic E-state index is -1.14. The van der Waals surface area contributed by atoms with Crippen LogP contribution in [0.1, 0.15) is 5.56 Å². The summed E-state index contributed by atoms with van der Waals surface area (Å²) in [5.41, 5.74) is 0.647. The van der Waals surface area contributed by atoms with Crippen molar-refractivity contribution in [3.05, 3.63) is 40.9 Å². The fraction of sp³-hybridized carbons (Fsp3) is 0. The first-order valence-corrected chi connectivity index (χ1v) is 4.12. The lowest BCUT2D eigenvalue weighted by molar-refractivity contribution is -0.131. The number of allylic oxidation sites excluding steroid dienone is 1. The van der Waals surface area contributed by atoms with Crippen molar-refractivity contribution < 1.29 is 9.90 Å². The van der Waals surface area contributed by atoms with Crippen LogP contribution in [0.5, 0.6) is 0 Å². The van der Waals surface area contributed by atoms with E-state index in [2.05, 4.69) is 0 Å². The molecule has 1 aromatic rings. The van der Waals surface area contributed by atoms with E-state index in [1.54, 1.807) is 30.3 Å². The van der Waals surface area contributed by atoms with E-state index in [1.165, 1.54) is 0 Å². The Morgan fingerprint density at radius 3 is 2.43 bits per heavy atom. The van der Waals surface area contributed by atoms with Gasteiger partial charge in [0, 0.05) is 11.1 Å². The van der Waals surface area contributed by atoms with Gasteiger partial charge in [0.05, 0.1) is 5.57 Å². The lowest BCUT2D eigenvalue weighted by atomic mass is 10.1. The summed E-state index contributed by atoms with van der Waals surface area (Å²) in [6.45, 7) is 0. The summed E-state index contributed by atoms with van der Waals surface area (Å²) in [6, 6.07) is 8.20. The summed E-state index contributed by atoms with van der Waals surface area (Å²) in [6.07, 6.45) is 0.864. The molecule has 0 fully saturated rings. The van der Waals surface area contributed by atoms with E-state index in [0.717, 1.165) is 6.08 Å². The van der Waals surface area contributed by atoms with E-state index >= 15 is 0 Å². The Hall–Kier alpha value is -1.79. The molecular formula is C10H6ClNO2. The molecule has 0 amide bonds. The third-order valence-electron chi connectivity index (χ3n) is 1.54. The summed E-state index contributed by atoms with van der Waals surface area (Å²) in [5.74, 6) is -1.14. The highest BCUT2D eigenvalue weighted by atomic mass is 35.5. The number of halogens is 1. The van der Waals surface area contributed by atoms with Crippen LogP contribution in [-0.2, 0) is 4.79 Å². The number of benzene rings is 1. The third kappa shape index (κ3) is 2.61. The van der Waals surface area contributed by atoms with Gasteiger partial charge in [0.15, 0.2) is 0 Å². The van der Waals surface area contributed by atoms with Crippen LogP contribution < -0.4 is 0 Å². The molecule has 0 radical (unpaired) electrons. The molecule has 0 spiro atoms. The fourth-order valence-corrected chi connectivity index (χ4v) is 1.06. The Morgan fingerprint density at radius 2 is 2.00 bits per heavy atom. The number of carboxylic acid groups (broad SMARTS) is 1. The van der Waals surface area contributed by atoms with Crippen LogP contribution in [0.2, 0.25) is 5.02 Å². The number of carboxylic acids is 1. The van der Waals surface area contributed by atoms with Gasteiger partial charge in [-0.3, -0.25) is 0 Å². The molecule has 70 valence electrons. The monoisotopic (exact) mass is 207 g/mol. The summed E-state index contributed by atoms with van der Waals surface area (Å²) in [5, 5.41) is 17.7. The SMILES string of the molecule is N#CC(=CC(=O)O)c1ccc(Cl)cc1. The van der Waals surface area contributed by atoms with Gasteiger partial charge in [0.25, 0.3) is 0 Å². The number of hydrogen-bond donors (Lipinski definition) is 1. The molecule has 0 aliphatic rings. The van der Waals surface area contributed by atoms with Crippen LogP contribution in [-0.4, -0.2) is 11.1 Å². The van der Waals surface area contributed by atoms with E-state index in [9.17, 15) is 4.79 Å². The number of carbonyl (C=O) groups is 1. The first-order valence-electron chi connectivity index (χ1n) is 3.74. The van der Waals surface area contributed by atoms with E-state index in [0.29, 0.717) is 10.6 Å². The molecule has 4 heteroatoms. The number of nitriles is 1. The van der Waals surface area contributed by atoms with Crippen LogP contribution in [0.25, 0.3) is 5.57 Å². The molecule has 1 N–H and O–H groups in total. The Labute approximate surface area is 85.9 Å². The molecule has 0 aromatic heterocycles. The van der Waals surface area contributed by atoms with Crippen LogP contribution in [0, 0.1) is 11.3 Å². The molecule has 3 nitrogen and oxygen atoms in total. The molecular weight excluding hydrogens is 202 g/mol. The number of nitrogens with zero attached hydrogens (tertiary/aromatic N) is 1. The van der Waals surface area contributed by atoms with Crippen molar-refractivity contribution in [3.63, 3.8) is 0 Å². The Kier molecular flexibility index (Phi) is 3.27. The molecule has 0 aliphatic heterocycles. The second-order valence-corrected chi connectivity index (χ2v) is 2.95. The summed E-state index contributed by atoms with van der Waals surface area (Å²) < 4.78 is 0. The molecule has 0 heterocycles. The van der Waals surface area contributed by atoms with Crippen molar-refractivity contribution in [2.75, 3.05) is 0 Å². The predicted molar refractivity (Wildman–Crippen MR) is 52.7 cm³/mol. The highest BCUT2D eigenvalue weighted by Gasteiger charge is 2.02.